The van der Waals surface area contributed by atoms with Gasteiger partial charge in [0, 0.05) is 13.2 Å². The van der Waals surface area contributed by atoms with E-state index in [9.17, 15) is 14.7 Å². The zero-order valence-corrected chi connectivity index (χ0v) is 12.7. The van der Waals surface area contributed by atoms with Crippen LogP contribution >= 0.6 is 0 Å². The van der Waals surface area contributed by atoms with Crippen molar-refractivity contribution >= 4 is 11.8 Å². The number of nitrogens with zero attached hydrogens (tertiary/aromatic N) is 1. The van der Waals surface area contributed by atoms with Crippen molar-refractivity contribution in [1.29, 1.82) is 0 Å². The van der Waals surface area contributed by atoms with Crippen molar-refractivity contribution in [2.45, 2.75) is 63.9 Å². The van der Waals surface area contributed by atoms with Gasteiger partial charge in [0.15, 0.2) is 0 Å². The zero-order valence-electron chi connectivity index (χ0n) is 12.7. The number of likely N-dealkylation sites (tertiary alicyclic amines) is 1. The lowest BCUT2D eigenvalue weighted by atomic mass is 9.79. The number of hydrogen-bond donors (Lipinski definition) is 2. The summed E-state index contributed by atoms with van der Waals surface area (Å²) in [6, 6.07) is 0. The van der Waals surface area contributed by atoms with E-state index in [1.807, 2.05) is 0 Å². The van der Waals surface area contributed by atoms with E-state index in [1.54, 1.807) is 0 Å². The van der Waals surface area contributed by atoms with Crippen LogP contribution in [0.25, 0.3) is 0 Å². The highest BCUT2D eigenvalue weighted by atomic mass is 16.3. The summed E-state index contributed by atoms with van der Waals surface area (Å²) < 4.78 is 0. The molecule has 0 aromatic carbocycles. The minimum absolute atomic E-state index is 0.0657. The maximum Gasteiger partial charge on any atom is 0.235 e. The second kappa shape index (κ2) is 7.90. The number of imide groups is 1. The Morgan fingerprint density at radius 2 is 1.62 bits per heavy atom. The summed E-state index contributed by atoms with van der Waals surface area (Å²) in [5.41, 5.74) is 0. The normalized spacial score (nSPS) is 29.0. The number of rotatable bonds is 8. The smallest absolute Gasteiger partial charge is 0.235 e. The average molecular weight is 297 g/mol. The van der Waals surface area contributed by atoms with Gasteiger partial charge in [-0.15, -0.1) is 0 Å². The molecular formula is C16H27NO4. The Morgan fingerprint density at radius 3 is 2.29 bits per heavy atom. The predicted octanol–water partition coefficient (Wildman–Crippen LogP) is 1.47. The van der Waals surface area contributed by atoms with Gasteiger partial charge in [-0.3, -0.25) is 14.5 Å². The average Bonchev–Trinajstić information content (AvgIpc) is 2.72. The van der Waals surface area contributed by atoms with Crippen molar-refractivity contribution in [2.24, 2.45) is 11.8 Å². The Morgan fingerprint density at radius 1 is 0.952 bits per heavy atom. The van der Waals surface area contributed by atoms with E-state index in [-0.39, 0.29) is 24.3 Å². The minimum Gasteiger partial charge on any atom is -0.396 e. The molecule has 2 N–H and O–H groups in total. The van der Waals surface area contributed by atoms with E-state index in [1.165, 1.54) is 4.90 Å². The number of carbonyl (C=O) groups is 2. The van der Waals surface area contributed by atoms with Gasteiger partial charge in [0.05, 0.1) is 17.9 Å². The van der Waals surface area contributed by atoms with Crippen molar-refractivity contribution in [3.63, 3.8) is 0 Å². The lowest BCUT2D eigenvalue weighted by Gasteiger charge is -2.25. The third-order valence-corrected chi connectivity index (χ3v) is 4.79. The molecule has 1 aliphatic carbocycles. The van der Waals surface area contributed by atoms with E-state index >= 15 is 0 Å². The first-order valence-electron chi connectivity index (χ1n) is 8.31. The Hall–Kier alpha value is -0.940. The van der Waals surface area contributed by atoms with Gasteiger partial charge >= 0.3 is 0 Å². The number of unbranched alkanes of at least 4 members (excludes halogenated alkanes) is 5. The molecule has 1 saturated carbocycles. The summed E-state index contributed by atoms with van der Waals surface area (Å²) >= 11 is 0. The second-order valence-corrected chi connectivity index (χ2v) is 6.30. The predicted molar refractivity (Wildman–Crippen MR) is 78.3 cm³/mol. The van der Waals surface area contributed by atoms with Crippen molar-refractivity contribution in [2.75, 3.05) is 13.2 Å². The molecule has 1 heterocycles. The molecule has 2 amide bonds. The molecule has 0 spiro atoms. The third-order valence-electron chi connectivity index (χ3n) is 4.79. The Labute approximate surface area is 126 Å². The molecule has 0 radical (unpaired) electrons. The molecule has 120 valence electrons. The first-order valence-corrected chi connectivity index (χ1v) is 8.31. The van der Waals surface area contributed by atoms with Crippen molar-refractivity contribution in [3.05, 3.63) is 0 Å². The lowest BCUT2D eigenvalue weighted by molar-refractivity contribution is -0.140. The van der Waals surface area contributed by atoms with Gasteiger partial charge in [0.1, 0.15) is 0 Å². The highest BCUT2D eigenvalue weighted by molar-refractivity contribution is 6.05. The number of fused-ring (bicyclic) bond motifs is 1. The molecule has 5 heteroatoms. The number of aliphatic hydroxyl groups is 2. The fourth-order valence-electron chi connectivity index (χ4n) is 3.59. The molecule has 21 heavy (non-hydrogen) atoms. The number of aliphatic hydroxyl groups excluding tert-OH is 2. The Bertz CT molecular complexity index is 371. The molecule has 3 atom stereocenters. The number of hydrogen-bond acceptors (Lipinski definition) is 4. The van der Waals surface area contributed by atoms with E-state index in [0.29, 0.717) is 13.0 Å². The van der Waals surface area contributed by atoms with Crippen LogP contribution in [0.5, 0.6) is 0 Å². The van der Waals surface area contributed by atoms with Crippen LogP contribution in [0, 0.1) is 11.8 Å². The molecule has 1 aliphatic heterocycles. The van der Waals surface area contributed by atoms with E-state index in [2.05, 4.69) is 0 Å². The largest absolute Gasteiger partial charge is 0.396 e. The topological polar surface area (TPSA) is 77.8 Å². The summed E-state index contributed by atoms with van der Waals surface area (Å²) in [6.07, 6.45) is 7.47. The van der Waals surface area contributed by atoms with Crippen molar-refractivity contribution in [1.82, 2.24) is 4.90 Å². The molecule has 2 aliphatic rings. The standard InChI is InChI=1S/C16H27NO4/c18-11-6-4-2-1-3-5-10-17-15(20)12-8-7-9-13(19)14(12)16(17)21/h12-14,18-19H,1-11H2. The van der Waals surface area contributed by atoms with Crippen LogP contribution in [-0.2, 0) is 9.59 Å². The summed E-state index contributed by atoms with van der Waals surface area (Å²) in [5.74, 6) is -0.969. The fourth-order valence-corrected chi connectivity index (χ4v) is 3.59. The summed E-state index contributed by atoms with van der Waals surface area (Å²) in [4.78, 5) is 25.9. The summed E-state index contributed by atoms with van der Waals surface area (Å²) in [6.45, 7) is 0.749. The molecule has 5 nitrogen and oxygen atoms in total. The molecule has 0 bridgehead atoms. The van der Waals surface area contributed by atoms with Crippen LogP contribution in [0.2, 0.25) is 0 Å². The molecular weight excluding hydrogens is 270 g/mol. The SMILES string of the molecule is O=C1C2CCCC(O)C2C(=O)N1CCCCCCCCO. The Balaban J connectivity index is 1.73. The van der Waals surface area contributed by atoms with Crippen LogP contribution in [0.4, 0.5) is 0 Å². The number of amides is 2. The van der Waals surface area contributed by atoms with Gasteiger partial charge in [0.2, 0.25) is 11.8 Å². The molecule has 3 unspecified atom stereocenters. The molecule has 2 rings (SSSR count). The van der Waals surface area contributed by atoms with Crippen LogP contribution in [-0.4, -0.2) is 46.2 Å². The van der Waals surface area contributed by atoms with Gasteiger partial charge in [-0.2, -0.15) is 0 Å². The molecule has 2 fully saturated rings. The zero-order chi connectivity index (χ0) is 15.2. The van der Waals surface area contributed by atoms with Gasteiger partial charge in [-0.05, 0) is 25.7 Å². The number of carbonyl (C=O) groups excluding carboxylic acids is 2. The van der Waals surface area contributed by atoms with Gasteiger partial charge < -0.3 is 10.2 Å². The van der Waals surface area contributed by atoms with Crippen LogP contribution in [0.3, 0.4) is 0 Å². The van der Waals surface area contributed by atoms with Crippen LogP contribution in [0.1, 0.15) is 57.8 Å². The summed E-state index contributed by atoms with van der Waals surface area (Å²) in [5, 5.41) is 18.6. The molecule has 1 saturated heterocycles. The Kier molecular flexibility index (Phi) is 6.18. The maximum atomic E-state index is 12.3. The first-order chi connectivity index (χ1) is 10.2. The highest BCUT2D eigenvalue weighted by Gasteiger charge is 2.51. The molecule has 0 aromatic heterocycles. The quantitative estimate of drug-likeness (QED) is 0.525. The fraction of sp³-hybridized carbons (Fsp3) is 0.875. The first kappa shape index (κ1) is 16.4. The van der Waals surface area contributed by atoms with E-state index in [0.717, 1.165) is 51.4 Å². The minimum atomic E-state index is -0.635. The summed E-state index contributed by atoms with van der Waals surface area (Å²) in [7, 11) is 0. The van der Waals surface area contributed by atoms with Crippen LogP contribution in [0.15, 0.2) is 0 Å². The van der Waals surface area contributed by atoms with E-state index < -0.39 is 12.0 Å². The van der Waals surface area contributed by atoms with E-state index in [4.69, 9.17) is 5.11 Å². The van der Waals surface area contributed by atoms with Crippen molar-refractivity contribution in [3.8, 4) is 0 Å². The second-order valence-electron chi connectivity index (χ2n) is 6.30. The van der Waals surface area contributed by atoms with Crippen molar-refractivity contribution < 1.29 is 19.8 Å². The van der Waals surface area contributed by atoms with Crippen LogP contribution < -0.4 is 0 Å². The van der Waals surface area contributed by atoms with Gasteiger partial charge in [-0.25, -0.2) is 0 Å². The maximum absolute atomic E-state index is 12.3. The van der Waals surface area contributed by atoms with Gasteiger partial charge in [0.25, 0.3) is 0 Å². The highest BCUT2D eigenvalue weighted by Crippen LogP contribution is 2.38. The monoisotopic (exact) mass is 297 g/mol. The van der Waals surface area contributed by atoms with Gasteiger partial charge in [-0.1, -0.05) is 32.1 Å². The third kappa shape index (κ3) is 3.83. The molecule has 0 aromatic rings. The lowest BCUT2D eigenvalue weighted by Crippen LogP contribution is -2.35.